The molecule has 178 valence electrons. The molecule has 4 rings (SSSR count). The molecule has 1 aromatic heterocycles. The lowest BCUT2D eigenvalue weighted by Gasteiger charge is -2.24. The van der Waals surface area contributed by atoms with Gasteiger partial charge >= 0.3 is 5.97 Å². The molecular weight excluding hydrogens is 476 g/mol. The summed E-state index contributed by atoms with van der Waals surface area (Å²) in [6.07, 6.45) is 1.59. The predicted octanol–water partition coefficient (Wildman–Crippen LogP) is 2.61. The van der Waals surface area contributed by atoms with E-state index in [1.165, 1.54) is 53.1 Å². The van der Waals surface area contributed by atoms with E-state index < -0.39 is 27.4 Å². The molecule has 0 spiro atoms. The second-order valence-corrected chi connectivity index (χ2v) is 8.51. The van der Waals surface area contributed by atoms with Gasteiger partial charge in [0.05, 0.1) is 38.3 Å². The van der Waals surface area contributed by atoms with Crippen LogP contribution in [-0.4, -0.2) is 27.0 Å². The van der Waals surface area contributed by atoms with Crippen LogP contribution in [0.2, 0.25) is 0 Å². The highest BCUT2D eigenvalue weighted by Crippen LogP contribution is 2.31. The maximum Gasteiger partial charge on any atom is 0.338 e. The van der Waals surface area contributed by atoms with Gasteiger partial charge in [0.25, 0.3) is 16.9 Å². The van der Waals surface area contributed by atoms with E-state index in [1.807, 2.05) is 0 Å². The number of non-ortho nitro benzene ring substituents is 2. The quantitative estimate of drug-likeness (QED) is 0.291. The minimum atomic E-state index is -0.898. The van der Waals surface area contributed by atoms with Gasteiger partial charge in [-0.1, -0.05) is 11.3 Å². The van der Waals surface area contributed by atoms with E-state index >= 15 is 0 Å². The number of allylic oxidation sites excluding steroid dienone is 1. The molecule has 0 aliphatic carbocycles. The molecule has 2 heterocycles. The zero-order valence-electron chi connectivity index (χ0n) is 18.5. The number of carbonyl (C=O) groups is 1. The zero-order chi connectivity index (χ0) is 25.3. The van der Waals surface area contributed by atoms with Crippen LogP contribution in [0.25, 0.3) is 6.08 Å². The van der Waals surface area contributed by atoms with Gasteiger partial charge < -0.3 is 4.74 Å². The standard InChI is InChI=1S/C23H18N4O7S/c1-3-34-22(29)19-13(2)24-23-25(20(19)15-6-10-17(11-7-15)27(32)33)21(28)18(35-23)12-14-4-8-16(9-5-14)26(30)31/h4-12,20H,3H2,1-2H3/b18-12-/t20-/m0/s1. The summed E-state index contributed by atoms with van der Waals surface area (Å²) in [6.45, 7) is 3.42. The maximum atomic E-state index is 13.5. The highest BCUT2D eigenvalue weighted by Gasteiger charge is 2.33. The number of benzene rings is 2. The Hall–Kier alpha value is -4.45. The van der Waals surface area contributed by atoms with Gasteiger partial charge in [-0.25, -0.2) is 9.79 Å². The number of ether oxygens (including phenoxy) is 1. The summed E-state index contributed by atoms with van der Waals surface area (Å²) < 4.78 is 6.88. The minimum Gasteiger partial charge on any atom is -0.463 e. The fraction of sp³-hybridized carbons (Fsp3) is 0.174. The lowest BCUT2D eigenvalue weighted by atomic mass is 9.95. The third-order valence-electron chi connectivity index (χ3n) is 5.34. The first-order valence-corrected chi connectivity index (χ1v) is 11.2. The lowest BCUT2D eigenvalue weighted by Crippen LogP contribution is -2.39. The number of carbonyl (C=O) groups excluding carboxylic acids is 1. The Labute approximate surface area is 201 Å². The van der Waals surface area contributed by atoms with E-state index in [-0.39, 0.29) is 23.6 Å². The Kier molecular flexibility index (Phi) is 6.38. The third-order valence-corrected chi connectivity index (χ3v) is 6.32. The highest BCUT2D eigenvalue weighted by atomic mass is 32.1. The number of nitrogens with zero attached hydrogens (tertiary/aromatic N) is 4. The highest BCUT2D eigenvalue weighted by molar-refractivity contribution is 7.07. The number of hydrogen-bond donors (Lipinski definition) is 0. The van der Waals surface area contributed by atoms with Crippen molar-refractivity contribution in [2.45, 2.75) is 19.9 Å². The van der Waals surface area contributed by atoms with Crippen molar-refractivity contribution in [3.8, 4) is 0 Å². The molecule has 0 bridgehead atoms. The number of esters is 1. The molecule has 11 nitrogen and oxygen atoms in total. The Bertz CT molecular complexity index is 1550. The van der Waals surface area contributed by atoms with Crippen LogP contribution in [0.3, 0.4) is 0 Å². The second kappa shape index (κ2) is 9.43. The molecule has 1 atom stereocenters. The molecule has 35 heavy (non-hydrogen) atoms. The third kappa shape index (κ3) is 4.51. The van der Waals surface area contributed by atoms with Gasteiger partial charge in [0.15, 0.2) is 4.80 Å². The summed E-state index contributed by atoms with van der Waals surface area (Å²) in [7, 11) is 0. The van der Waals surface area contributed by atoms with Gasteiger partial charge in [0.1, 0.15) is 0 Å². The Balaban J connectivity index is 1.90. The van der Waals surface area contributed by atoms with E-state index in [4.69, 9.17) is 4.74 Å². The molecule has 2 aromatic carbocycles. The molecule has 0 saturated carbocycles. The summed E-state index contributed by atoms with van der Waals surface area (Å²) in [4.78, 5) is 52.1. The SMILES string of the molecule is CCOC(=O)C1=C(C)N=c2s/c(=C\c3ccc([N+](=O)[O-])cc3)c(=O)n2[C@H]1c1ccc([N+](=O)[O-])cc1. The van der Waals surface area contributed by atoms with E-state index in [1.54, 1.807) is 19.9 Å². The molecule has 1 aliphatic rings. The topological polar surface area (TPSA) is 147 Å². The molecule has 0 saturated heterocycles. The van der Waals surface area contributed by atoms with E-state index in [0.29, 0.717) is 26.2 Å². The van der Waals surface area contributed by atoms with Crippen molar-refractivity contribution in [2.75, 3.05) is 6.61 Å². The number of fused-ring (bicyclic) bond motifs is 1. The fourth-order valence-electron chi connectivity index (χ4n) is 3.73. The first-order valence-electron chi connectivity index (χ1n) is 10.4. The van der Waals surface area contributed by atoms with Gasteiger partial charge in [-0.05, 0) is 55.3 Å². The second-order valence-electron chi connectivity index (χ2n) is 7.50. The Morgan fingerprint density at radius 1 is 1.09 bits per heavy atom. The van der Waals surface area contributed by atoms with Crippen LogP contribution in [0.5, 0.6) is 0 Å². The molecule has 12 heteroatoms. The fourth-order valence-corrected chi connectivity index (χ4v) is 4.78. The Morgan fingerprint density at radius 2 is 1.66 bits per heavy atom. The van der Waals surface area contributed by atoms with Crippen molar-refractivity contribution in [3.05, 3.63) is 111 Å². The van der Waals surface area contributed by atoms with Crippen LogP contribution in [0, 0.1) is 20.2 Å². The van der Waals surface area contributed by atoms with Crippen LogP contribution in [0.15, 0.2) is 69.6 Å². The molecule has 0 amide bonds. The largest absolute Gasteiger partial charge is 0.463 e. The van der Waals surface area contributed by atoms with Crippen molar-refractivity contribution in [2.24, 2.45) is 4.99 Å². The number of rotatable bonds is 6. The van der Waals surface area contributed by atoms with Crippen LogP contribution >= 0.6 is 11.3 Å². The average Bonchev–Trinajstić information content (AvgIpc) is 3.13. The number of thiazole rings is 1. The number of nitro benzene ring substituents is 2. The monoisotopic (exact) mass is 494 g/mol. The van der Waals surface area contributed by atoms with Gasteiger partial charge in [0, 0.05) is 24.3 Å². The number of aromatic nitrogens is 1. The van der Waals surface area contributed by atoms with Crippen molar-refractivity contribution in [3.63, 3.8) is 0 Å². The summed E-state index contributed by atoms with van der Waals surface area (Å²) in [5, 5.41) is 22.0. The summed E-state index contributed by atoms with van der Waals surface area (Å²) in [6, 6.07) is 10.4. The van der Waals surface area contributed by atoms with Gasteiger partial charge in [-0.2, -0.15) is 0 Å². The normalized spacial score (nSPS) is 15.4. The predicted molar refractivity (Wildman–Crippen MR) is 127 cm³/mol. The average molecular weight is 494 g/mol. The Morgan fingerprint density at radius 3 is 2.20 bits per heavy atom. The molecular formula is C23H18N4O7S. The van der Waals surface area contributed by atoms with Crippen LogP contribution in [0.1, 0.15) is 31.0 Å². The van der Waals surface area contributed by atoms with E-state index in [0.717, 1.165) is 11.3 Å². The molecule has 1 aliphatic heterocycles. The van der Waals surface area contributed by atoms with E-state index in [9.17, 15) is 29.8 Å². The number of nitro groups is 2. The molecule has 0 fully saturated rings. The molecule has 0 N–H and O–H groups in total. The van der Waals surface area contributed by atoms with Gasteiger partial charge in [0.2, 0.25) is 0 Å². The first-order chi connectivity index (χ1) is 16.7. The smallest absolute Gasteiger partial charge is 0.338 e. The van der Waals surface area contributed by atoms with Gasteiger partial charge in [-0.3, -0.25) is 29.6 Å². The number of hydrogen-bond acceptors (Lipinski definition) is 9. The van der Waals surface area contributed by atoms with Crippen LogP contribution in [-0.2, 0) is 9.53 Å². The zero-order valence-corrected chi connectivity index (χ0v) is 19.4. The van der Waals surface area contributed by atoms with Crippen LogP contribution in [0.4, 0.5) is 11.4 Å². The van der Waals surface area contributed by atoms with Crippen molar-refractivity contribution < 1.29 is 19.4 Å². The first kappa shape index (κ1) is 23.7. The van der Waals surface area contributed by atoms with Crippen molar-refractivity contribution in [1.82, 2.24) is 4.57 Å². The van der Waals surface area contributed by atoms with Crippen LogP contribution < -0.4 is 14.9 Å². The lowest BCUT2D eigenvalue weighted by molar-refractivity contribution is -0.385. The molecule has 0 radical (unpaired) electrons. The van der Waals surface area contributed by atoms with E-state index in [2.05, 4.69) is 4.99 Å². The summed E-state index contributed by atoms with van der Waals surface area (Å²) >= 11 is 1.10. The molecule has 0 unspecified atom stereocenters. The minimum absolute atomic E-state index is 0.0727. The molecule has 3 aromatic rings. The van der Waals surface area contributed by atoms with Gasteiger partial charge in [-0.15, -0.1) is 0 Å². The summed E-state index contributed by atoms with van der Waals surface area (Å²) in [5.74, 6) is -0.637. The van der Waals surface area contributed by atoms with Crippen molar-refractivity contribution >= 4 is 34.8 Å². The summed E-state index contributed by atoms with van der Waals surface area (Å²) in [5.41, 5.74) is 0.967. The maximum absolute atomic E-state index is 13.5. The van der Waals surface area contributed by atoms with Crippen molar-refractivity contribution in [1.29, 1.82) is 0 Å².